The number of nitrogens with one attached hydrogen (secondary N) is 1. The van der Waals surface area contributed by atoms with Gasteiger partial charge in [0, 0.05) is 17.8 Å². The second-order valence-electron chi connectivity index (χ2n) is 4.67. The van der Waals surface area contributed by atoms with Crippen LogP contribution in [0.4, 0.5) is 5.82 Å². The Hall–Kier alpha value is -1.64. The minimum Gasteiger partial charge on any atom is -0.367 e. The molecule has 2 aromatic rings. The molecule has 1 N–H and O–H groups in total. The Morgan fingerprint density at radius 2 is 2.06 bits per heavy atom. The first-order chi connectivity index (χ1) is 8.36. The van der Waals surface area contributed by atoms with Crippen molar-refractivity contribution in [2.24, 2.45) is 0 Å². The molecule has 0 saturated heterocycles. The quantitative estimate of drug-likeness (QED) is 0.871. The molecule has 3 rings (SSSR count). The van der Waals surface area contributed by atoms with Gasteiger partial charge in [-0.3, -0.25) is 0 Å². The average molecular weight is 227 g/mol. The van der Waals surface area contributed by atoms with Gasteiger partial charge in [0.15, 0.2) is 0 Å². The van der Waals surface area contributed by atoms with Gasteiger partial charge in [0.1, 0.15) is 11.6 Å². The van der Waals surface area contributed by atoms with Gasteiger partial charge < -0.3 is 5.32 Å². The van der Waals surface area contributed by atoms with Crippen LogP contribution in [-0.4, -0.2) is 16.0 Å². The van der Waals surface area contributed by atoms with Crippen LogP contribution in [0.25, 0.3) is 10.9 Å². The molecule has 17 heavy (non-hydrogen) atoms. The van der Waals surface area contributed by atoms with Gasteiger partial charge in [0.05, 0.1) is 5.52 Å². The highest BCUT2D eigenvalue weighted by molar-refractivity contribution is 5.89. The highest BCUT2D eigenvalue weighted by Crippen LogP contribution is 2.28. The number of aromatic nitrogens is 2. The zero-order valence-corrected chi connectivity index (χ0v) is 10.1. The van der Waals surface area contributed by atoms with Gasteiger partial charge in [-0.1, -0.05) is 19.1 Å². The number of fused-ring (bicyclic) bond motifs is 1. The molecule has 0 unspecified atom stereocenters. The van der Waals surface area contributed by atoms with Crippen molar-refractivity contribution in [3.05, 3.63) is 30.1 Å². The van der Waals surface area contributed by atoms with Gasteiger partial charge in [0.25, 0.3) is 0 Å². The number of nitrogens with zero attached hydrogens (tertiary/aromatic N) is 2. The molecule has 1 heterocycles. The summed E-state index contributed by atoms with van der Waals surface area (Å²) >= 11 is 0. The molecule has 1 aromatic heterocycles. The van der Waals surface area contributed by atoms with Crippen molar-refractivity contribution >= 4 is 16.7 Å². The Morgan fingerprint density at radius 3 is 2.82 bits per heavy atom. The van der Waals surface area contributed by atoms with Crippen LogP contribution in [0.3, 0.4) is 0 Å². The summed E-state index contributed by atoms with van der Waals surface area (Å²) in [7, 11) is 0. The van der Waals surface area contributed by atoms with E-state index in [2.05, 4.69) is 34.3 Å². The molecule has 0 atom stereocenters. The van der Waals surface area contributed by atoms with Gasteiger partial charge in [-0.25, -0.2) is 9.97 Å². The van der Waals surface area contributed by atoms with E-state index in [0.717, 1.165) is 35.4 Å². The van der Waals surface area contributed by atoms with Gasteiger partial charge in [-0.15, -0.1) is 0 Å². The fourth-order valence-corrected chi connectivity index (χ4v) is 1.99. The lowest BCUT2D eigenvalue weighted by Crippen LogP contribution is -2.07. The lowest BCUT2D eigenvalue weighted by Gasteiger charge is -2.09. The van der Waals surface area contributed by atoms with E-state index < -0.39 is 0 Å². The normalized spacial score (nSPS) is 15.1. The van der Waals surface area contributed by atoms with Crippen LogP contribution in [-0.2, 0) is 6.42 Å². The number of benzene rings is 1. The van der Waals surface area contributed by atoms with Crippen LogP contribution in [0.2, 0.25) is 0 Å². The van der Waals surface area contributed by atoms with E-state index in [4.69, 9.17) is 0 Å². The Balaban J connectivity index is 2.07. The molecular weight excluding hydrogens is 210 g/mol. The maximum Gasteiger partial charge on any atom is 0.137 e. The summed E-state index contributed by atoms with van der Waals surface area (Å²) < 4.78 is 0. The maximum atomic E-state index is 4.65. The van der Waals surface area contributed by atoms with E-state index in [1.165, 1.54) is 12.8 Å². The van der Waals surface area contributed by atoms with Crippen molar-refractivity contribution < 1.29 is 0 Å². The van der Waals surface area contributed by atoms with Crippen molar-refractivity contribution in [1.29, 1.82) is 0 Å². The maximum absolute atomic E-state index is 4.65. The lowest BCUT2D eigenvalue weighted by atomic mass is 10.2. The predicted octanol–water partition coefficient (Wildman–Crippen LogP) is 3.16. The monoisotopic (exact) mass is 227 g/mol. The molecule has 1 aromatic carbocycles. The minimum atomic E-state index is 0.628. The van der Waals surface area contributed by atoms with Crippen molar-refractivity contribution in [2.75, 3.05) is 5.32 Å². The highest BCUT2D eigenvalue weighted by Gasteiger charge is 2.22. The van der Waals surface area contributed by atoms with E-state index >= 15 is 0 Å². The number of rotatable bonds is 4. The summed E-state index contributed by atoms with van der Waals surface area (Å²) in [5.41, 5.74) is 1.05. The number of aryl methyl sites for hydroxylation is 1. The van der Waals surface area contributed by atoms with Crippen molar-refractivity contribution in [2.45, 2.75) is 38.6 Å². The Bertz CT molecular complexity index is 532. The summed E-state index contributed by atoms with van der Waals surface area (Å²) in [4.78, 5) is 9.25. The molecule has 1 aliphatic rings. The topological polar surface area (TPSA) is 37.8 Å². The summed E-state index contributed by atoms with van der Waals surface area (Å²) in [5, 5.41) is 4.64. The number of anilines is 1. The Morgan fingerprint density at radius 1 is 1.24 bits per heavy atom. The average Bonchev–Trinajstić information content (AvgIpc) is 3.13. The van der Waals surface area contributed by atoms with Gasteiger partial charge in [-0.05, 0) is 31.4 Å². The Labute approximate surface area is 101 Å². The number of hydrogen-bond donors (Lipinski definition) is 1. The molecule has 88 valence electrons. The summed E-state index contributed by atoms with van der Waals surface area (Å²) in [6, 6.07) is 8.86. The van der Waals surface area contributed by atoms with E-state index in [1.54, 1.807) is 0 Å². The minimum absolute atomic E-state index is 0.628. The van der Waals surface area contributed by atoms with Crippen LogP contribution >= 0.6 is 0 Å². The van der Waals surface area contributed by atoms with Crippen molar-refractivity contribution in [3.8, 4) is 0 Å². The molecule has 0 aliphatic heterocycles. The van der Waals surface area contributed by atoms with Crippen LogP contribution in [0.1, 0.15) is 32.0 Å². The third-order valence-corrected chi connectivity index (χ3v) is 3.04. The zero-order valence-electron chi connectivity index (χ0n) is 10.1. The van der Waals surface area contributed by atoms with E-state index in [0.29, 0.717) is 6.04 Å². The Kier molecular flexibility index (Phi) is 2.67. The number of para-hydroxylation sites is 1. The third-order valence-electron chi connectivity index (χ3n) is 3.04. The summed E-state index contributed by atoms with van der Waals surface area (Å²) in [6.45, 7) is 2.16. The number of hydrogen-bond acceptors (Lipinski definition) is 3. The fourth-order valence-electron chi connectivity index (χ4n) is 1.99. The highest BCUT2D eigenvalue weighted by atomic mass is 15.1. The molecule has 1 fully saturated rings. The SMILES string of the molecule is CCCc1nc(NC2CC2)c2ccccc2n1. The second kappa shape index (κ2) is 4.32. The zero-order chi connectivity index (χ0) is 11.7. The van der Waals surface area contributed by atoms with Gasteiger partial charge in [-0.2, -0.15) is 0 Å². The first kappa shape index (κ1) is 10.5. The third kappa shape index (κ3) is 2.23. The molecule has 1 saturated carbocycles. The summed E-state index contributed by atoms with van der Waals surface area (Å²) in [5.74, 6) is 1.97. The van der Waals surface area contributed by atoms with E-state index in [-0.39, 0.29) is 0 Å². The van der Waals surface area contributed by atoms with E-state index in [1.807, 2.05) is 12.1 Å². The molecule has 0 spiro atoms. The molecule has 1 aliphatic carbocycles. The van der Waals surface area contributed by atoms with Crippen LogP contribution in [0.5, 0.6) is 0 Å². The molecular formula is C14H17N3. The van der Waals surface area contributed by atoms with Gasteiger partial charge in [0.2, 0.25) is 0 Å². The van der Waals surface area contributed by atoms with Crippen LogP contribution < -0.4 is 5.32 Å². The lowest BCUT2D eigenvalue weighted by molar-refractivity contribution is 0.843. The summed E-state index contributed by atoms with van der Waals surface area (Å²) in [6.07, 6.45) is 4.56. The fraction of sp³-hybridized carbons (Fsp3) is 0.429. The largest absolute Gasteiger partial charge is 0.367 e. The standard InChI is InChI=1S/C14H17N3/c1-2-5-13-16-12-7-4-3-6-11(12)14(17-13)15-10-8-9-10/h3-4,6-7,10H,2,5,8-9H2,1H3,(H,15,16,17). The second-order valence-corrected chi connectivity index (χ2v) is 4.67. The first-order valence-electron chi connectivity index (χ1n) is 6.39. The van der Waals surface area contributed by atoms with Gasteiger partial charge >= 0.3 is 0 Å². The molecule has 3 nitrogen and oxygen atoms in total. The molecule has 3 heteroatoms. The van der Waals surface area contributed by atoms with Crippen LogP contribution in [0.15, 0.2) is 24.3 Å². The smallest absolute Gasteiger partial charge is 0.137 e. The molecule has 0 amide bonds. The van der Waals surface area contributed by atoms with Crippen LogP contribution in [0, 0.1) is 0 Å². The molecule has 0 radical (unpaired) electrons. The predicted molar refractivity (Wildman–Crippen MR) is 70.2 cm³/mol. The van der Waals surface area contributed by atoms with E-state index in [9.17, 15) is 0 Å². The van der Waals surface area contributed by atoms with Crippen molar-refractivity contribution in [3.63, 3.8) is 0 Å². The van der Waals surface area contributed by atoms with Crippen molar-refractivity contribution in [1.82, 2.24) is 9.97 Å². The first-order valence-corrected chi connectivity index (χ1v) is 6.39. The molecule has 0 bridgehead atoms.